The standard InChI is InChI=1S/C15H15NO3/c1-18-14-6-4-3-5-11(14)10-7-8-13(16)12(9-10)15(17)19-2/h3-9H,16H2,1-2H3. The largest absolute Gasteiger partial charge is 0.496 e. The van der Waals surface area contributed by atoms with Gasteiger partial charge in [-0.3, -0.25) is 0 Å². The van der Waals surface area contributed by atoms with Gasteiger partial charge in [-0.2, -0.15) is 0 Å². The van der Waals surface area contributed by atoms with Crippen LogP contribution < -0.4 is 10.5 Å². The average molecular weight is 257 g/mol. The molecule has 0 aliphatic carbocycles. The van der Waals surface area contributed by atoms with Crippen LogP contribution in [0, 0.1) is 0 Å². The van der Waals surface area contributed by atoms with E-state index in [2.05, 4.69) is 0 Å². The van der Waals surface area contributed by atoms with E-state index < -0.39 is 5.97 Å². The van der Waals surface area contributed by atoms with Gasteiger partial charge in [0, 0.05) is 11.3 Å². The number of para-hydroxylation sites is 1. The summed E-state index contributed by atoms with van der Waals surface area (Å²) in [5, 5.41) is 0. The second kappa shape index (κ2) is 5.44. The second-order valence-corrected chi connectivity index (χ2v) is 3.99. The summed E-state index contributed by atoms with van der Waals surface area (Å²) in [7, 11) is 2.94. The molecule has 4 nitrogen and oxygen atoms in total. The fraction of sp³-hybridized carbons (Fsp3) is 0.133. The lowest BCUT2D eigenvalue weighted by Crippen LogP contribution is -2.05. The van der Waals surface area contributed by atoms with Gasteiger partial charge in [-0.1, -0.05) is 24.3 Å². The second-order valence-electron chi connectivity index (χ2n) is 3.99. The molecule has 98 valence electrons. The SMILES string of the molecule is COC(=O)c1cc(-c2ccccc2OC)ccc1N. The lowest BCUT2D eigenvalue weighted by Gasteiger charge is -2.10. The number of benzene rings is 2. The lowest BCUT2D eigenvalue weighted by molar-refractivity contribution is 0.0602. The highest BCUT2D eigenvalue weighted by Crippen LogP contribution is 2.31. The van der Waals surface area contributed by atoms with Crippen molar-refractivity contribution in [1.82, 2.24) is 0 Å². The van der Waals surface area contributed by atoms with Crippen LogP contribution in [0.1, 0.15) is 10.4 Å². The van der Waals surface area contributed by atoms with Gasteiger partial charge in [-0.25, -0.2) is 4.79 Å². The molecule has 0 aliphatic heterocycles. The molecule has 0 amide bonds. The molecule has 0 saturated carbocycles. The number of methoxy groups -OCH3 is 2. The molecule has 0 atom stereocenters. The van der Waals surface area contributed by atoms with Crippen molar-refractivity contribution in [1.29, 1.82) is 0 Å². The Bertz CT molecular complexity index is 608. The van der Waals surface area contributed by atoms with E-state index in [1.165, 1.54) is 7.11 Å². The topological polar surface area (TPSA) is 61.5 Å². The highest BCUT2D eigenvalue weighted by Gasteiger charge is 2.13. The molecule has 19 heavy (non-hydrogen) atoms. The number of nitrogen functional groups attached to an aromatic ring is 1. The maximum Gasteiger partial charge on any atom is 0.339 e. The molecule has 2 aromatic carbocycles. The number of carbonyl (C=O) groups excluding carboxylic acids is 1. The molecule has 0 unspecified atom stereocenters. The van der Waals surface area contributed by atoms with Gasteiger partial charge in [0.1, 0.15) is 5.75 Å². The first-order valence-corrected chi connectivity index (χ1v) is 5.78. The zero-order valence-electron chi connectivity index (χ0n) is 10.8. The number of anilines is 1. The minimum atomic E-state index is -0.450. The number of carbonyl (C=O) groups is 1. The number of hydrogen-bond acceptors (Lipinski definition) is 4. The van der Waals surface area contributed by atoms with Crippen LogP contribution in [-0.2, 0) is 4.74 Å². The number of hydrogen-bond donors (Lipinski definition) is 1. The fourth-order valence-electron chi connectivity index (χ4n) is 1.89. The van der Waals surface area contributed by atoms with Gasteiger partial charge in [-0.15, -0.1) is 0 Å². The zero-order chi connectivity index (χ0) is 13.8. The highest BCUT2D eigenvalue weighted by molar-refractivity contribution is 5.96. The predicted molar refractivity (Wildman–Crippen MR) is 74.2 cm³/mol. The molecule has 0 spiro atoms. The summed E-state index contributed by atoms with van der Waals surface area (Å²) in [4.78, 5) is 11.6. The molecule has 4 heteroatoms. The Hall–Kier alpha value is -2.49. The van der Waals surface area contributed by atoms with E-state index in [0.717, 1.165) is 16.9 Å². The molecular weight excluding hydrogens is 242 g/mol. The smallest absolute Gasteiger partial charge is 0.339 e. The van der Waals surface area contributed by atoms with E-state index >= 15 is 0 Å². The van der Waals surface area contributed by atoms with Crippen LogP contribution in [0.3, 0.4) is 0 Å². The Balaban J connectivity index is 2.54. The lowest BCUT2D eigenvalue weighted by atomic mass is 10.0. The molecule has 0 heterocycles. The molecule has 0 aliphatic rings. The van der Waals surface area contributed by atoms with E-state index in [-0.39, 0.29) is 0 Å². The van der Waals surface area contributed by atoms with Crippen LogP contribution in [0.5, 0.6) is 5.75 Å². The Kier molecular flexibility index (Phi) is 3.71. The van der Waals surface area contributed by atoms with Crippen molar-refractivity contribution < 1.29 is 14.3 Å². The number of esters is 1. The first-order chi connectivity index (χ1) is 9.17. The van der Waals surface area contributed by atoms with Crippen molar-refractivity contribution in [2.24, 2.45) is 0 Å². The minimum Gasteiger partial charge on any atom is -0.496 e. The zero-order valence-corrected chi connectivity index (χ0v) is 10.8. The third-order valence-corrected chi connectivity index (χ3v) is 2.88. The van der Waals surface area contributed by atoms with Crippen LogP contribution >= 0.6 is 0 Å². The van der Waals surface area contributed by atoms with E-state index in [1.807, 2.05) is 30.3 Å². The highest BCUT2D eigenvalue weighted by atomic mass is 16.5. The van der Waals surface area contributed by atoms with E-state index in [1.54, 1.807) is 19.2 Å². The van der Waals surface area contributed by atoms with Crippen LogP contribution in [0.4, 0.5) is 5.69 Å². The molecule has 0 aromatic heterocycles. The molecule has 2 aromatic rings. The summed E-state index contributed by atoms with van der Waals surface area (Å²) >= 11 is 0. The van der Waals surface area contributed by atoms with Crippen LogP contribution in [0.25, 0.3) is 11.1 Å². The molecule has 2 rings (SSSR count). The van der Waals surface area contributed by atoms with E-state index in [9.17, 15) is 4.79 Å². The van der Waals surface area contributed by atoms with Crippen molar-refractivity contribution in [3.8, 4) is 16.9 Å². The van der Waals surface area contributed by atoms with Gasteiger partial charge in [-0.05, 0) is 23.8 Å². The van der Waals surface area contributed by atoms with E-state index in [4.69, 9.17) is 15.2 Å². The normalized spacial score (nSPS) is 10.0. The first-order valence-electron chi connectivity index (χ1n) is 5.78. The number of rotatable bonds is 3. The molecule has 0 bridgehead atoms. The first kappa shape index (κ1) is 13.0. The summed E-state index contributed by atoms with van der Waals surface area (Å²) in [6, 6.07) is 12.8. The monoisotopic (exact) mass is 257 g/mol. The van der Waals surface area contributed by atoms with Gasteiger partial charge in [0.15, 0.2) is 0 Å². The maximum atomic E-state index is 11.6. The predicted octanol–water partition coefficient (Wildman–Crippen LogP) is 2.73. The Morgan fingerprint density at radius 2 is 1.84 bits per heavy atom. The Labute approximate surface area is 111 Å². The number of nitrogens with two attached hydrogens (primary N) is 1. The Morgan fingerprint density at radius 1 is 1.11 bits per heavy atom. The maximum absolute atomic E-state index is 11.6. The fourth-order valence-corrected chi connectivity index (χ4v) is 1.89. The summed E-state index contributed by atoms with van der Waals surface area (Å²) in [5.74, 6) is 0.289. The van der Waals surface area contributed by atoms with Gasteiger partial charge in [0.2, 0.25) is 0 Å². The van der Waals surface area contributed by atoms with E-state index in [0.29, 0.717) is 11.3 Å². The molecule has 0 saturated heterocycles. The third kappa shape index (κ3) is 2.52. The third-order valence-electron chi connectivity index (χ3n) is 2.88. The molecule has 2 N–H and O–H groups in total. The summed E-state index contributed by atoms with van der Waals surface area (Å²) in [6.07, 6.45) is 0. The van der Waals surface area contributed by atoms with Gasteiger partial charge in [0.05, 0.1) is 19.8 Å². The van der Waals surface area contributed by atoms with Gasteiger partial charge in [0.25, 0.3) is 0 Å². The van der Waals surface area contributed by atoms with Gasteiger partial charge >= 0.3 is 5.97 Å². The van der Waals surface area contributed by atoms with Crippen LogP contribution in [-0.4, -0.2) is 20.2 Å². The van der Waals surface area contributed by atoms with Crippen molar-refractivity contribution in [2.75, 3.05) is 20.0 Å². The van der Waals surface area contributed by atoms with Crippen molar-refractivity contribution in [3.05, 3.63) is 48.0 Å². The summed E-state index contributed by atoms with van der Waals surface area (Å²) < 4.78 is 10.0. The van der Waals surface area contributed by atoms with Gasteiger partial charge < -0.3 is 15.2 Å². The molecular formula is C15H15NO3. The van der Waals surface area contributed by atoms with Crippen LogP contribution in [0.2, 0.25) is 0 Å². The molecule has 0 fully saturated rings. The van der Waals surface area contributed by atoms with Crippen molar-refractivity contribution in [2.45, 2.75) is 0 Å². The summed E-state index contributed by atoms with van der Waals surface area (Å²) in [5.41, 5.74) is 8.28. The minimum absolute atomic E-state index is 0.353. The quantitative estimate of drug-likeness (QED) is 0.678. The van der Waals surface area contributed by atoms with Crippen molar-refractivity contribution in [3.63, 3.8) is 0 Å². The average Bonchev–Trinajstić information content (AvgIpc) is 2.47. The van der Waals surface area contributed by atoms with Crippen LogP contribution in [0.15, 0.2) is 42.5 Å². The van der Waals surface area contributed by atoms with Crippen molar-refractivity contribution >= 4 is 11.7 Å². The molecule has 0 radical (unpaired) electrons. The summed E-state index contributed by atoms with van der Waals surface area (Å²) in [6.45, 7) is 0. The number of ether oxygens (including phenoxy) is 2. The Morgan fingerprint density at radius 3 is 2.53 bits per heavy atom.